The molecule has 7 nitrogen and oxygen atoms in total. The molecule has 0 radical (unpaired) electrons. The second-order valence-electron chi connectivity index (χ2n) is 4.49. The van der Waals surface area contributed by atoms with Gasteiger partial charge in [-0.25, -0.2) is 4.68 Å². The summed E-state index contributed by atoms with van der Waals surface area (Å²) in [6.45, 7) is 3.03. The van der Waals surface area contributed by atoms with Gasteiger partial charge in [0.2, 0.25) is 5.95 Å². The highest BCUT2D eigenvalue weighted by Gasteiger charge is 2.39. The van der Waals surface area contributed by atoms with E-state index in [4.69, 9.17) is 0 Å². The van der Waals surface area contributed by atoms with Gasteiger partial charge in [0.05, 0.1) is 5.41 Å². The summed E-state index contributed by atoms with van der Waals surface area (Å²) in [7, 11) is 1.75. The molecule has 0 saturated carbocycles. The Morgan fingerprint density at radius 1 is 1.56 bits per heavy atom. The van der Waals surface area contributed by atoms with Crippen molar-refractivity contribution in [3.63, 3.8) is 0 Å². The molecule has 1 aromatic heterocycles. The second kappa shape index (κ2) is 3.73. The summed E-state index contributed by atoms with van der Waals surface area (Å²) in [5.74, 6) is -0.125. The molecule has 1 unspecified atom stereocenters. The molecule has 1 aromatic rings. The van der Waals surface area contributed by atoms with Gasteiger partial charge in [-0.2, -0.15) is 0 Å². The molecule has 2 rings (SSSR count). The first kappa shape index (κ1) is 10.8. The summed E-state index contributed by atoms with van der Waals surface area (Å²) < 4.78 is 1.56. The lowest BCUT2D eigenvalue weighted by molar-refractivity contribution is -0.148. The highest BCUT2D eigenvalue weighted by molar-refractivity contribution is 5.75. The molecule has 16 heavy (non-hydrogen) atoms. The van der Waals surface area contributed by atoms with Crippen molar-refractivity contribution >= 4 is 11.9 Å². The van der Waals surface area contributed by atoms with E-state index in [9.17, 15) is 9.90 Å². The molecule has 7 heteroatoms. The van der Waals surface area contributed by atoms with E-state index in [2.05, 4.69) is 15.5 Å². The Kier molecular flexibility index (Phi) is 2.53. The van der Waals surface area contributed by atoms with E-state index >= 15 is 0 Å². The first-order chi connectivity index (χ1) is 7.53. The van der Waals surface area contributed by atoms with Gasteiger partial charge in [-0.15, -0.1) is 0 Å². The Hall–Kier alpha value is -1.66. The van der Waals surface area contributed by atoms with Gasteiger partial charge in [0.15, 0.2) is 0 Å². The normalized spacial score (nSPS) is 25.8. The van der Waals surface area contributed by atoms with E-state index in [1.807, 2.05) is 4.90 Å². The Bertz CT molecular complexity index is 404. The van der Waals surface area contributed by atoms with Crippen molar-refractivity contribution in [3.8, 4) is 0 Å². The zero-order valence-corrected chi connectivity index (χ0v) is 9.42. The van der Waals surface area contributed by atoms with Crippen LogP contribution < -0.4 is 4.90 Å². The minimum absolute atomic E-state index is 0.455. The summed E-state index contributed by atoms with van der Waals surface area (Å²) in [6.07, 6.45) is 1.54. The fourth-order valence-electron chi connectivity index (χ4n) is 2.08. The van der Waals surface area contributed by atoms with Gasteiger partial charge in [-0.3, -0.25) is 4.79 Å². The van der Waals surface area contributed by atoms with Crippen molar-refractivity contribution in [1.29, 1.82) is 0 Å². The lowest BCUT2D eigenvalue weighted by Gasteiger charge is -2.37. The lowest BCUT2D eigenvalue weighted by Crippen LogP contribution is -2.47. The molecule has 1 atom stereocenters. The Balaban J connectivity index is 2.20. The second-order valence-corrected chi connectivity index (χ2v) is 4.49. The fourth-order valence-corrected chi connectivity index (χ4v) is 2.08. The highest BCUT2D eigenvalue weighted by Crippen LogP contribution is 2.31. The number of tetrazole rings is 1. The molecule has 1 aliphatic heterocycles. The zero-order valence-electron chi connectivity index (χ0n) is 9.42. The van der Waals surface area contributed by atoms with E-state index in [1.54, 1.807) is 18.7 Å². The topological polar surface area (TPSA) is 84.1 Å². The van der Waals surface area contributed by atoms with Crippen LogP contribution in [0.3, 0.4) is 0 Å². The Morgan fingerprint density at radius 3 is 2.88 bits per heavy atom. The minimum Gasteiger partial charge on any atom is -0.481 e. The number of aromatic nitrogens is 4. The third-order valence-corrected chi connectivity index (χ3v) is 3.09. The van der Waals surface area contributed by atoms with Crippen molar-refractivity contribution < 1.29 is 9.90 Å². The van der Waals surface area contributed by atoms with Gasteiger partial charge < -0.3 is 10.0 Å². The molecule has 0 bridgehead atoms. The summed E-state index contributed by atoms with van der Waals surface area (Å²) in [6, 6.07) is 0. The number of hydrogen-bond acceptors (Lipinski definition) is 5. The van der Waals surface area contributed by atoms with Crippen molar-refractivity contribution in [2.45, 2.75) is 19.8 Å². The van der Waals surface area contributed by atoms with Crippen LogP contribution in [0.1, 0.15) is 19.8 Å². The number of rotatable bonds is 2. The molecule has 0 aromatic carbocycles. The molecular formula is C9H15N5O2. The smallest absolute Gasteiger partial charge is 0.311 e. The van der Waals surface area contributed by atoms with Crippen molar-refractivity contribution in [2.75, 3.05) is 18.0 Å². The summed E-state index contributed by atoms with van der Waals surface area (Å²) in [5, 5.41) is 20.4. The van der Waals surface area contributed by atoms with Gasteiger partial charge in [0.25, 0.3) is 0 Å². The predicted molar refractivity (Wildman–Crippen MR) is 56.0 cm³/mol. The SMILES string of the molecule is Cn1nnnc1N1CCCC(C)(C(=O)O)C1. The van der Waals surface area contributed by atoms with Gasteiger partial charge in [-0.05, 0) is 30.2 Å². The average Bonchev–Trinajstić information content (AvgIpc) is 2.64. The molecule has 1 N–H and O–H groups in total. The van der Waals surface area contributed by atoms with Crippen LogP contribution >= 0.6 is 0 Å². The van der Waals surface area contributed by atoms with Crippen molar-refractivity contribution in [1.82, 2.24) is 20.2 Å². The molecule has 1 fully saturated rings. The van der Waals surface area contributed by atoms with Crippen LogP contribution in [0.5, 0.6) is 0 Å². The number of aryl methyl sites for hydroxylation is 1. The van der Waals surface area contributed by atoms with Gasteiger partial charge in [0.1, 0.15) is 0 Å². The van der Waals surface area contributed by atoms with Crippen LogP contribution in [0.4, 0.5) is 5.95 Å². The molecular weight excluding hydrogens is 210 g/mol. The maximum atomic E-state index is 11.2. The molecule has 1 aliphatic rings. The number of nitrogens with zero attached hydrogens (tertiary/aromatic N) is 5. The number of hydrogen-bond donors (Lipinski definition) is 1. The van der Waals surface area contributed by atoms with Gasteiger partial charge in [0, 0.05) is 20.1 Å². The van der Waals surface area contributed by atoms with E-state index in [0.717, 1.165) is 13.0 Å². The maximum absolute atomic E-state index is 11.2. The lowest BCUT2D eigenvalue weighted by atomic mass is 9.82. The predicted octanol–water partition coefficient (Wildman–Crippen LogP) is -0.0988. The van der Waals surface area contributed by atoms with Crippen LogP contribution in [0.15, 0.2) is 0 Å². The molecule has 0 spiro atoms. The highest BCUT2D eigenvalue weighted by atomic mass is 16.4. The molecule has 2 heterocycles. The third kappa shape index (κ3) is 1.72. The zero-order chi connectivity index (χ0) is 11.8. The Labute approximate surface area is 93.0 Å². The van der Waals surface area contributed by atoms with Crippen molar-refractivity contribution in [2.24, 2.45) is 12.5 Å². The summed E-state index contributed by atoms with van der Waals surface area (Å²) in [4.78, 5) is 13.1. The number of anilines is 1. The first-order valence-electron chi connectivity index (χ1n) is 5.24. The maximum Gasteiger partial charge on any atom is 0.311 e. The fraction of sp³-hybridized carbons (Fsp3) is 0.778. The monoisotopic (exact) mass is 225 g/mol. The number of piperidine rings is 1. The number of carbonyl (C=O) groups is 1. The summed E-state index contributed by atoms with van der Waals surface area (Å²) >= 11 is 0. The molecule has 0 aliphatic carbocycles. The first-order valence-corrected chi connectivity index (χ1v) is 5.24. The van der Waals surface area contributed by atoms with Crippen LogP contribution in [-0.2, 0) is 11.8 Å². The minimum atomic E-state index is -0.757. The van der Waals surface area contributed by atoms with Crippen LogP contribution in [0.25, 0.3) is 0 Å². The average molecular weight is 225 g/mol. The molecule has 0 amide bonds. The van der Waals surface area contributed by atoms with Gasteiger partial charge >= 0.3 is 5.97 Å². The summed E-state index contributed by atoms with van der Waals surface area (Å²) in [5.41, 5.74) is -0.704. The number of carboxylic acids is 1. The standard InChI is InChI=1S/C9H15N5O2/c1-9(7(15)16)4-3-5-14(6-9)8-10-11-12-13(8)2/h3-6H2,1-2H3,(H,15,16). The van der Waals surface area contributed by atoms with E-state index < -0.39 is 11.4 Å². The number of aliphatic carboxylic acids is 1. The van der Waals surface area contributed by atoms with E-state index in [-0.39, 0.29) is 0 Å². The number of carboxylic acid groups (broad SMARTS) is 1. The Morgan fingerprint density at radius 2 is 2.31 bits per heavy atom. The third-order valence-electron chi connectivity index (χ3n) is 3.09. The largest absolute Gasteiger partial charge is 0.481 e. The van der Waals surface area contributed by atoms with Crippen LogP contribution in [0.2, 0.25) is 0 Å². The van der Waals surface area contributed by atoms with Crippen LogP contribution in [0, 0.1) is 5.41 Å². The van der Waals surface area contributed by atoms with Crippen molar-refractivity contribution in [3.05, 3.63) is 0 Å². The van der Waals surface area contributed by atoms with E-state index in [1.165, 1.54) is 0 Å². The van der Waals surface area contributed by atoms with E-state index in [0.29, 0.717) is 18.9 Å². The van der Waals surface area contributed by atoms with Gasteiger partial charge in [-0.1, -0.05) is 5.10 Å². The molecule has 88 valence electrons. The molecule has 1 saturated heterocycles. The van der Waals surface area contributed by atoms with Crippen LogP contribution in [-0.4, -0.2) is 44.4 Å². The quantitative estimate of drug-likeness (QED) is 0.756.